The summed E-state index contributed by atoms with van der Waals surface area (Å²) in [4.78, 5) is 0. The van der Waals surface area contributed by atoms with E-state index in [1.54, 1.807) is 0 Å². The fraction of sp³-hybridized carbons (Fsp3) is 0.250. The summed E-state index contributed by atoms with van der Waals surface area (Å²) in [6.45, 7) is 3.83. The zero-order valence-electron chi connectivity index (χ0n) is 11.6. The molecule has 1 aliphatic heterocycles. The summed E-state index contributed by atoms with van der Waals surface area (Å²) >= 11 is 9.80. The molecule has 0 aromatic heterocycles. The third-order valence-corrected chi connectivity index (χ3v) is 4.20. The molecule has 0 fully saturated rings. The Balaban J connectivity index is 1.77. The van der Waals surface area contributed by atoms with Gasteiger partial charge in [0.25, 0.3) is 0 Å². The number of benzene rings is 2. The molecule has 21 heavy (non-hydrogen) atoms. The van der Waals surface area contributed by atoms with Gasteiger partial charge in [-0.15, -0.1) is 0 Å². The Morgan fingerprint density at radius 3 is 2.81 bits per heavy atom. The van der Waals surface area contributed by atoms with Gasteiger partial charge in [-0.1, -0.05) is 17.7 Å². The number of aryl methyl sites for hydroxylation is 1. The van der Waals surface area contributed by atoms with Gasteiger partial charge in [-0.2, -0.15) is 0 Å². The summed E-state index contributed by atoms with van der Waals surface area (Å²) in [5.41, 5.74) is 3.32. The average Bonchev–Trinajstić information content (AvgIpc) is 2.46. The maximum atomic E-state index is 6.24. The normalized spacial score (nSPS) is 13.1. The van der Waals surface area contributed by atoms with Crippen LogP contribution < -0.4 is 14.8 Å². The van der Waals surface area contributed by atoms with Crippen LogP contribution in [0.1, 0.15) is 11.1 Å². The van der Waals surface area contributed by atoms with Gasteiger partial charge in [0.1, 0.15) is 13.2 Å². The molecule has 0 bridgehead atoms. The Hall–Kier alpha value is -1.39. The predicted molar refractivity (Wildman–Crippen MR) is 88.6 cm³/mol. The van der Waals surface area contributed by atoms with Crippen LogP contribution in [0.5, 0.6) is 11.5 Å². The van der Waals surface area contributed by atoms with Gasteiger partial charge in [0.15, 0.2) is 11.5 Å². The minimum Gasteiger partial charge on any atom is -0.486 e. The van der Waals surface area contributed by atoms with Crippen molar-refractivity contribution in [3.63, 3.8) is 0 Å². The lowest BCUT2D eigenvalue weighted by Gasteiger charge is -2.20. The Bertz CT molecular complexity index is 676. The molecule has 0 amide bonds. The van der Waals surface area contributed by atoms with Crippen molar-refractivity contribution in [2.75, 3.05) is 18.5 Å². The van der Waals surface area contributed by atoms with E-state index in [9.17, 15) is 0 Å². The molecule has 0 spiro atoms. The number of anilines is 1. The fourth-order valence-electron chi connectivity index (χ4n) is 2.23. The molecule has 5 heteroatoms. The molecular weight excluding hydrogens is 354 g/mol. The summed E-state index contributed by atoms with van der Waals surface area (Å²) in [5, 5.41) is 3.98. The first kappa shape index (κ1) is 14.5. The van der Waals surface area contributed by atoms with Gasteiger partial charge in [-0.3, -0.25) is 0 Å². The zero-order valence-corrected chi connectivity index (χ0v) is 13.9. The van der Waals surface area contributed by atoms with E-state index in [1.165, 1.54) is 5.56 Å². The molecule has 3 nitrogen and oxygen atoms in total. The highest BCUT2D eigenvalue weighted by molar-refractivity contribution is 9.10. The second-order valence-electron chi connectivity index (χ2n) is 4.94. The van der Waals surface area contributed by atoms with Crippen molar-refractivity contribution in [3.05, 3.63) is 51.0 Å². The van der Waals surface area contributed by atoms with E-state index in [0.29, 0.717) is 36.3 Å². The third-order valence-electron chi connectivity index (χ3n) is 3.26. The average molecular weight is 369 g/mol. The monoisotopic (exact) mass is 367 g/mol. The third kappa shape index (κ3) is 3.27. The molecule has 1 heterocycles. The maximum Gasteiger partial charge on any atom is 0.179 e. The number of nitrogens with one attached hydrogen (secondary N) is 1. The van der Waals surface area contributed by atoms with Crippen LogP contribution in [-0.2, 0) is 6.54 Å². The molecule has 0 radical (unpaired) electrons. The lowest BCUT2D eigenvalue weighted by Crippen LogP contribution is -2.16. The van der Waals surface area contributed by atoms with Crippen molar-refractivity contribution in [1.29, 1.82) is 0 Å². The maximum absolute atomic E-state index is 6.24. The number of ether oxygens (including phenoxy) is 2. The van der Waals surface area contributed by atoms with Gasteiger partial charge in [-0.25, -0.2) is 0 Å². The zero-order chi connectivity index (χ0) is 14.8. The van der Waals surface area contributed by atoms with Crippen LogP contribution in [-0.4, -0.2) is 13.2 Å². The van der Waals surface area contributed by atoms with Crippen molar-refractivity contribution in [1.82, 2.24) is 0 Å². The molecule has 0 unspecified atom stereocenters. The number of hydrogen-bond donors (Lipinski definition) is 1. The van der Waals surface area contributed by atoms with Gasteiger partial charge in [-0.05, 0) is 58.2 Å². The van der Waals surface area contributed by atoms with E-state index in [0.717, 1.165) is 15.7 Å². The highest BCUT2D eigenvalue weighted by atomic mass is 79.9. The molecule has 110 valence electrons. The van der Waals surface area contributed by atoms with Crippen LogP contribution in [0.2, 0.25) is 5.02 Å². The second-order valence-corrected chi connectivity index (χ2v) is 6.20. The summed E-state index contributed by atoms with van der Waals surface area (Å²) in [5.74, 6) is 1.36. The lowest BCUT2D eigenvalue weighted by atomic mass is 10.1. The Labute approximate surface area is 137 Å². The minimum atomic E-state index is 0.542. The smallest absolute Gasteiger partial charge is 0.179 e. The number of rotatable bonds is 3. The highest BCUT2D eigenvalue weighted by Crippen LogP contribution is 2.38. The molecule has 3 rings (SSSR count). The first-order valence-corrected chi connectivity index (χ1v) is 7.88. The second kappa shape index (κ2) is 6.16. The Morgan fingerprint density at radius 1 is 1.19 bits per heavy atom. The summed E-state index contributed by atoms with van der Waals surface area (Å²) in [6, 6.07) is 10.1. The van der Waals surface area contributed by atoms with Gasteiger partial charge in [0.05, 0.1) is 5.02 Å². The van der Waals surface area contributed by atoms with Crippen LogP contribution in [0.25, 0.3) is 0 Å². The summed E-state index contributed by atoms with van der Waals surface area (Å²) in [7, 11) is 0. The number of hydrogen-bond acceptors (Lipinski definition) is 3. The van der Waals surface area contributed by atoms with Gasteiger partial charge in [0.2, 0.25) is 0 Å². The first-order chi connectivity index (χ1) is 10.1. The molecule has 0 aliphatic carbocycles. The largest absolute Gasteiger partial charge is 0.486 e. The van der Waals surface area contributed by atoms with Crippen LogP contribution in [0.4, 0.5) is 5.69 Å². The van der Waals surface area contributed by atoms with E-state index >= 15 is 0 Å². The minimum absolute atomic E-state index is 0.542. The highest BCUT2D eigenvalue weighted by Gasteiger charge is 2.16. The van der Waals surface area contributed by atoms with Crippen molar-refractivity contribution >= 4 is 33.2 Å². The predicted octanol–water partition coefficient (Wildman–Crippen LogP) is 4.79. The van der Waals surface area contributed by atoms with E-state index < -0.39 is 0 Å². The quantitative estimate of drug-likeness (QED) is 0.844. The topological polar surface area (TPSA) is 30.5 Å². The van der Waals surface area contributed by atoms with Crippen LogP contribution >= 0.6 is 27.5 Å². The molecule has 2 aromatic carbocycles. The van der Waals surface area contributed by atoms with Crippen LogP contribution in [0, 0.1) is 6.92 Å². The van der Waals surface area contributed by atoms with Crippen molar-refractivity contribution in [3.8, 4) is 11.5 Å². The summed E-state index contributed by atoms with van der Waals surface area (Å²) in [6.07, 6.45) is 0. The number of halogens is 2. The van der Waals surface area contributed by atoms with Gasteiger partial charge >= 0.3 is 0 Å². The molecule has 0 saturated carbocycles. The van der Waals surface area contributed by atoms with Crippen LogP contribution in [0.3, 0.4) is 0 Å². The fourth-order valence-corrected chi connectivity index (χ4v) is 3.15. The molecule has 0 saturated heterocycles. The van der Waals surface area contributed by atoms with Crippen molar-refractivity contribution in [2.45, 2.75) is 13.5 Å². The van der Waals surface area contributed by atoms with Crippen molar-refractivity contribution < 1.29 is 9.47 Å². The summed E-state index contributed by atoms with van der Waals surface area (Å²) < 4.78 is 12.2. The van der Waals surface area contributed by atoms with Crippen molar-refractivity contribution in [2.24, 2.45) is 0 Å². The molecule has 2 aromatic rings. The SMILES string of the molecule is Cc1ccc(NCc2cc(Cl)c3c(c2)OCCO3)c(Br)c1. The standard InChI is InChI=1S/C16H15BrClNO2/c1-10-2-3-14(12(17)6-10)19-9-11-7-13(18)16-15(8-11)20-4-5-21-16/h2-3,6-8,19H,4-5,9H2,1H3. The molecule has 1 aliphatic rings. The van der Waals surface area contributed by atoms with E-state index in [-0.39, 0.29) is 0 Å². The van der Waals surface area contributed by atoms with Gasteiger partial charge in [0, 0.05) is 16.7 Å². The van der Waals surface area contributed by atoms with E-state index in [4.69, 9.17) is 21.1 Å². The molecule has 1 N–H and O–H groups in total. The van der Waals surface area contributed by atoms with E-state index in [1.807, 2.05) is 12.1 Å². The van der Waals surface area contributed by atoms with Gasteiger partial charge < -0.3 is 14.8 Å². The molecular formula is C16H15BrClNO2. The number of fused-ring (bicyclic) bond motifs is 1. The van der Waals surface area contributed by atoms with E-state index in [2.05, 4.69) is 46.4 Å². The lowest BCUT2D eigenvalue weighted by molar-refractivity contribution is 0.171. The Morgan fingerprint density at radius 2 is 2.00 bits per heavy atom. The molecule has 0 atom stereocenters. The van der Waals surface area contributed by atoms with Crippen LogP contribution in [0.15, 0.2) is 34.8 Å². The first-order valence-electron chi connectivity index (χ1n) is 6.71. The Kier molecular flexibility index (Phi) is 4.27.